The molecule has 1 saturated heterocycles. The fourth-order valence-electron chi connectivity index (χ4n) is 3.01. The molecule has 0 unspecified atom stereocenters. The van der Waals surface area contributed by atoms with Gasteiger partial charge in [-0.05, 0) is 57.9 Å². The van der Waals surface area contributed by atoms with Crippen LogP contribution in [0.2, 0.25) is 0 Å². The maximum Gasteiger partial charge on any atom is 0.497 e. The van der Waals surface area contributed by atoms with E-state index in [-0.39, 0.29) is 6.42 Å². The standard InChI is InChI=1S/C20H22BFN2O2/c1-13-14(9-11-23)10-12-24-18(13)15-7-6-8-16(17(15)22)21-25-19(2,3)20(4,5)26-21/h6-8,10,12H,9H2,1-5H3. The molecule has 1 aromatic heterocycles. The summed E-state index contributed by atoms with van der Waals surface area (Å²) in [4.78, 5) is 4.35. The Bertz CT molecular complexity index is 874. The molecule has 1 fully saturated rings. The lowest BCUT2D eigenvalue weighted by molar-refractivity contribution is 0.00578. The Labute approximate surface area is 154 Å². The predicted molar refractivity (Wildman–Crippen MR) is 99.4 cm³/mol. The van der Waals surface area contributed by atoms with Crippen molar-refractivity contribution in [3.05, 3.63) is 47.4 Å². The summed E-state index contributed by atoms with van der Waals surface area (Å²) in [6.07, 6.45) is 1.87. The SMILES string of the molecule is Cc1c(CC#N)ccnc1-c1cccc(B2OC(C)(C)C(C)(C)O2)c1F. The van der Waals surface area contributed by atoms with Crippen LogP contribution in [-0.4, -0.2) is 23.3 Å². The molecule has 3 rings (SSSR count). The maximum absolute atomic E-state index is 15.3. The number of nitrogens with zero attached hydrogens (tertiary/aromatic N) is 2. The number of pyridine rings is 1. The van der Waals surface area contributed by atoms with Gasteiger partial charge in [0.25, 0.3) is 0 Å². The van der Waals surface area contributed by atoms with E-state index in [1.807, 2.05) is 34.6 Å². The van der Waals surface area contributed by atoms with Crippen LogP contribution in [0.3, 0.4) is 0 Å². The van der Waals surface area contributed by atoms with E-state index in [0.29, 0.717) is 16.7 Å². The second-order valence-corrected chi connectivity index (χ2v) is 7.58. The first-order chi connectivity index (χ1) is 12.2. The number of benzene rings is 1. The minimum atomic E-state index is -0.775. The molecule has 1 aliphatic rings. The molecule has 1 aromatic carbocycles. The number of halogens is 1. The van der Waals surface area contributed by atoms with E-state index in [0.717, 1.165) is 11.1 Å². The summed E-state index contributed by atoms with van der Waals surface area (Å²) in [6, 6.07) is 9.06. The van der Waals surface area contributed by atoms with E-state index < -0.39 is 24.1 Å². The van der Waals surface area contributed by atoms with Crippen molar-refractivity contribution in [2.75, 3.05) is 0 Å². The van der Waals surface area contributed by atoms with Gasteiger partial charge in [0, 0.05) is 17.2 Å². The van der Waals surface area contributed by atoms with E-state index in [4.69, 9.17) is 14.6 Å². The van der Waals surface area contributed by atoms with Gasteiger partial charge in [0.1, 0.15) is 5.82 Å². The van der Waals surface area contributed by atoms with Gasteiger partial charge in [-0.2, -0.15) is 5.26 Å². The second kappa shape index (κ2) is 6.50. The Morgan fingerprint density at radius 3 is 2.42 bits per heavy atom. The van der Waals surface area contributed by atoms with Crippen molar-refractivity contribution in [2.45, 2.75) is 52.2 Å². The summed E-state index contributed by atoms with van der Waals surface area (Å²) in [5, 5.41) is 8.97. The zero-order chi connectivity index (χ0) is 19.1. The Morgan fingerprint density at radius 1 is 1.15 bits per heavy atom. The van der Waals surface area contributed by atoms with Crippen LogP contribution >= 0.6 is 0 Å². The van der Waals surface area contributed by atoms with Gasteiger partial charge in [0.05, 0.1) is 29.4 Å². The van der Waals surface area contributed by atoms with Crippen LogP contribution in [0.5, 0.6) is 0 Å². The lowest BCUT2D eigenvalue weighted by atomic mass is 9.77. The smallest absolute Gasteiger partial charge is 0.399 e. The number of aromatic nitrogens is 1. The average Bonchev–Trinajstić information content (AvgIpc) is 2.78. The molecule has 0 N–H and O–H groups in total. The highest BCUT2D eigenvalue weighted by Gasteiger charge is 2.52. The van der Waals surface area contributed by atoms with E-state index in [1.165, 1.54) is 0 Å². The van der Waals surface area contributed by atoms with Crippen LogP contribution < -0.4 is 5.46 Å². The summed E-state index contributed by atoms with van der Waals surface area (Å²) >= 11 is 0. The Balaban J connectivity index is 2.05. The third-order valence-corrected chi connectivity index (χ3v) is 5.38. The van der Waals surface area contributed by atoms with Crippen LogP contribution in [0, 0.1) is 24.1 Å². The number of hydrogen-bond donors (Lipinski definition) is 0. The van der Waals surface area contributed by atoms with Crippen molar-refractivity contribution in [2.24, 2.45) is 0 Å². The van der Waals surface area contributed by atoms with Crippen molar-refractivity contribution in [3.63, 3.8) is 0 Å². The van der Waals surface area contributed by atoms with E-state index in [9.17, 15) is 0 Å². The maximum atomic E-state index is 15.3. The second-order valence-electron chi connectivity index (χ2n) is 7.58. The van der Waals surface area contributed by atoms with Gasteiger partial charge >= 0.3 is 7.12 Å². The first kappa shape index (κ1) is 18.6. The van der Waals surface area contributed by atoms with E-state index in [2.05, 4.69) is 11.1 Å². The van der Waals surface area contributed by atoms with Gasteiger partial charge < -0.3 is 9.31 Å². The molecule has 0 amide bonds. The van der Waals surface area contributed by atoms with Crippen molar-refractivity contribution in [3.8, 4) is 17.3 Å². The molecule has 134 valence electrons. The molecule has 0 aliphatic carbocycles. The number of hydrogen-bond acceptors (Lipinski definition) is 4. The minimum Gasteiger partial charge on any atom is -0.399 e. The van der Waals surface area contributed by atoms with Gasteiger partial charge in [-0.1, -0.05) is 12.1 Å². The van der Waals surface area contributed by atoms with Gasteiger partial charge in [0.15, 0.2) is 0 Å². The van der Waals surface area contributed by atoms with Crippen molar-refractivity contribution >= 4 is 12.6 Å². The van der Waals surface area contributed by atoms with Gasteiger partial charge in [0.2, 0.25) is 0 Å². The van der Waals surface area contributed by atoms with Gasteiger partial charge in [-0.3, -0.25) is 4.98 Å². The number of rotatable bonds is 3. The van der Waals surface area contributed by atoms with Crippen molar-refractivity contribution in [1.82, 2.24) is 4.98 Å². The summed E-state index contributed by atoms with van der Waals surface area (Å²) in [5.41, 5.74) is 1.84. The molecule has 0 atom stereocenters. The summed E-state index contributed by atoms with van der Waals surface area (Å²) in [5.74, 6) is -0.407. The van der Waals surface area contributed by atoms with E-state index >= 15 is 4.39 Å². The van der Waals surface area contributed by atoms with E-state index in [1.54, 1.807) is 30.5 Å². The first-order valence-corrected chi connectivity index (χ1v) is 8.64. The zero-order valence-electron chi connectivity index (χ0n) is 15.8. The topological polar surface area (TPSA) is 55.1 Å². The van der Waals surface area contributed by atoms with Crippen molar-refractivity contribution in [1.29, 1.82) is 5.26 Å². The summed E-state index contributed by atoms with van der Waals surface area (Å²) in [7, 11) is -0.775. The third-order valence-electron chi connectivity index (χ3n) is 5.38. The lowest BCUT2D eigenvalue weighted by Gasteiger charge is -2.32. The Kier molecular flexibility index (Phi) is 4.64. The molecule has 6 heteroatoms. The quantitative estimate of drug-likeness (QED) is 0.793. The molecular formula is C20H22BFN2O2. The predicted octanol–water partition coefficient (Wildman–Crippen LogP) is 3.56. The molecule has 0 bridgehead atoms. The third kappa shape index (κ3) is 3.02. The number of nitriles is 1. The molecule has 26 heavy (non-hydrogen) atoms. The largest absolute Gasteiger partial charge is 0.497 e. The highest BCUT2D eigenvalue weighted by Crippen LogP contribution is 2.37. The molecular weight excluding hydrogens is 330 g/mol. The monoisotopic (exact) mass is 352 g/mol. The first-order valence-electron chi connectivity index (χ1n) is 8.64. The fourth-order valence-corrected chi connectivity index (χ4v) is 3.01. The molecule has 2 aromatic rings. The summed E-state index contributed by atoms with van der Waals surface area (Å²) in [6.45, 7) is 9.60. The summed E-state index contributed by atoms with van der Waals surface area (Å²) < 4.78 is 27.3. The fraction of sp³-hybridized carbons (Fsp3) is 0.400. The molecule has 2 heterocycles. The molecule has 4 nitrogen and oxygen atoms in total. The minimum absolute atomic E-state index is 0.264. The lowest BCUT2D eigenvalue weighted by Crippen LogP contribution is -2.41. The molecule has 0 saturated carbocycles. The van der Waals surface area contributed by atoms with Gasteiger partial charge in [-0.15, -0.1) is 0 Å². The Hall–Kier alpha value is -2.23. The van der Waals surface area contributed by atoms with Crippen LogP contribution in [0.4, 0.5) is 4.39 Å². The Morgan fingerprint density at radius 2 is 1.81 bits per heavy atom. The van der Waals surface area contributed by atoms with Crippen molar-refractivity contribution < 1.29 is 13.7 Å². The normalized spacial score (nSPS) is 18.0. The average molecular weight is 352 g/mol. The van der Waals surface area contributed by atoms with Gasteiger partial charge in [-0.25, -0.2) is 4.39 Å². The molecule has 0 spiro atoms. The van der Waals surface area contributed by atoms with Crippen LogP contribution in [-0.2, 0) is 15.7 Å². The highest BCUT2D eigenvalue weighted by molar-refractivity contribution is 6.62. The zero-order valence-corrected chi connectivity index (χ0v) is 15.8. The molecule has 0 radical (unpaired) electrons. The highest BCUT2D eigenvalue weighted by atomic mass is 19.1. The van der Waals surface area contributed by atoms with Crippen LogP contribution in [0.1, 0.15) is 38.8 Å². The van der Waals surface area contributed by atoms with Crippen LogP contribution in [0.15, 0.2) is 30.5 Å². The van der Waals surface area contributed by atoms with Crippen LogP contribution in [0.25, 0.3) is 11.3 Å². The molecule has 1 aliphatic heterocycles.